The van der Waals surface area contributed by atoms with E-state index in [0.717, 1.165) is 32.8 Å². The third-order valence-corrected chi connectivity index (χ3v) is 3.75. The molecule has 2 heterocycles. The van der Waals surface area contributed by atoms with Crippen LogP contribution >= 0.6 is 0 Å². The highest BCUT2D eigenvalue weighted by Crippen LogP contribution is 2.21. The number of anilines is 1. The number of ether oxygens (including phenoxy) is 1. The summed E-state index contributed by atoms with van der Waals surface area (Å²) in [4.78, 5) is 0. The molecule has 0 amide bonds. The second kappa shape index (κ2) is 5.26. The van der Waals surface area contributed by atoms with Crippen LogP contribution in [0.2, 0.25) is 0 Å². The average Bonchev–Trinajstić information content (AvgIpc) is 2.87. The van der Waals surface area contributed by atoms with Crippen molar-refractivity contribution in [1.82, 2.24) is 10.6 Å². The number of hydrogen-bond acceptors (Lipinski definition) is 4. The maximum absolute atomic E-state index is 5.77. The molecule has 2 aliphatic rings. The molecule has 98 valence electrons. The zero-order valence-corrected chi connectivity index (χ0v) is 10.8. The van der Waals surface area contributed by atoms with Gasteiger partial charge in [-0.05, 0) is 30.2 Å². The monoisotopic (exact) mass is 247 g/mol. The van der Waals surface area contributed by atoms with Crippen LogP contribution in [0.4, 0.5) is 5.69 Å². The summed E-state index contributed by atoms with van der Waals surface area (Å²) in [5.41, 5.74) is 4.03. The molecule has 0 aromatic heterocycles. The standard InChI is InChI=1S/C14H21N3O/c1-10(14-9-15-4-5-18-14)17-13-3-2-11-7-16-8-12(11)6-13/h2-3,6,10,14-17H,4-5,7-9H2,1H3. The van der Waals surface area contributed by atoms with Crippen molar-refractivity contribution in [2.24, 2.45) is 0 Å². The van der Waals surface area contributed by atoms with E-state index in [1.165, 1.54) is 16.8 Å². The summed E-state index contributed by atoms with van der Waals surface area (Å²) in [6, 6.07) is 6.95. The second-order valence-corrected chi connectivity index (χ2v) is 5.13. The molecule has 0 aliphatic carbocycles. The van der Waals surface area contributed by atoms with Crippen LogP contribution in [0.15, 0.2) is 18.2 Å². The van der Waals surface area contributed by atoms with Gasteiger partial charge in [-0.15, -0.1) is 0 Å². The van der Waals surface area contributed by atoms with Crippen LogP contribution in [0.25, 0.3) is 0 Å². The molecule has 1 saturated heterocycles. The predicted molar refractivity (Wildman–Crippen MR) is 72.7 cm³/mol. The fraction of sp³-hybridized carbons (Fsp3) is 0.571. The van der Waals surface area contributed by atoms with Gasteiger partial charge in [0.1, 0.15) is 0 Å². The third kappa shape index (κ3) is 2.51. The van der Waals surface area contributed by atoms with Gasteiger partial charge in [0.25, 0.3) is 0 Å². The van der Waals surface area contributed by atoms with Gasteiger partial charge in [0.2, 0.25) is 0 Å². The lowest BCUT2D eigenvalue weighted by Crippen LogP contribution is -2.46. The lowest BCUT2D eigenvalue weighted by molar-refractivity contribution is 0.0201. The summed E-state index contributed by atoms with van der Waals surface area (Å²) < 4.78 is 5.77. The first-order valence-corrected chi connectivity index (χ1v) is 6.74. The van der Waals surface area contributed by atoms with Gasteiger partial charge in [0.15, 0.2) is 0 Å². The van der Waals surface area contributed by atoms with E-state index in [0.29, 0.717) is 6.04 Å². The summed E-state index contributed by atoms with van der Waals surface area (Å²) >= 11 is 0. The molecule has 1 aromatic carbocycles. The van der Waals surface area contributed by atoms with Crippen molar-refractivity contribution in [1.29, 1.82) is 0 Å². The minimum absolute atomic E-state index is 0.255. The van der Waals surface area contributed by atoms with Crippen LogP contribution in [0, 0.1) is 0 Å². The molecule has 2 aliphatic heterocycles. The maximum atomic E-state index is 5.77. The predicted octanol–water partition coefficient (Wildman–Crippen LogP) is 1.08. The largest absolute Gasteiger partial charge is 0.380 e. The maximum Gasteiger partial charge on any atom is 0.0897 e. The van der Waals surface area contributed by atoms with Gasteiger partial charge in [0, 0.05) is 31.9 Å². The van der Waals surface area contributed by atoms with Crippen LogP contribution in [-0.4, -0.2) is 31.8 Å². The van der Waals surface area contributed by atoms with Crippen molar-refractivity contribution in [2.45, 2.75) is 32.2 Å². The van der Waals surface area contributed by atoms with Crippen molar-refractivity contribution in [2.75, 3.05) is 25.0 Å². The van der Waals surface area contributed by atoms with Crippen LogP contribution in [0.3, 0.4) is 0 Å². The van der Waals surface area contributed by atoms with Crippen molar-refractivity contribution in [3.8, 4) is 0 Å². The first-order chi connectivity index (χ1) is 8.83. The van der Waals surface area contributed by atoms with Gasteiger partial charge < -0.3 is 20.7 Å². The molecular weight excluding hydrogens is 226 g/mol. The van der Waals surface area contributed by atoms with Crippen molar-refractivity contribution in [3.05, 3.63) is 29.3 Å². The molecule has 0 radical (unpaired) electrons. The summed E-state index contributed by atoms with van der Waals surface area (Å²) in [5, 5.41) is 10.3. The Labute approximate surface area is 108 Å². The fourth-order valence-corrected chi connectivity index (χ4v) is 2.65. The van der Waals surface area contributed by atoms with E-state index in [-0.39, 0.29) is 6.10 Å². The lowest BCUT2D eigenvalue weighted by atomic mass is 10.1. The van der Waals surface area contributed by atoms with Crippen molar-refractivity contribution < 1.29 is 4.74 Å². The molecule has 0 spiro atoms. The Morgan fingerprint density at radius 3 is 3.00 bits per heavy atom. The Balaban J connectivity index is 1.64. The highest BCUT2D eigenvalue weighted by atomic mass is 16.5. The topological polar surface area (TPSA) is 45.3 Å². The lowest BCUT2D eigenvalue weighted by Gasteiger charge is -2.30. The quantitative estimate of drug-likeness (QED) is 0.748. The second-order valence-electron chi connectivity index (χ2n) is 5.13. The van der Waals surface area contributed by atoms with Crippen molar-refractivity contribution >= 4 is 5.69 Å². The molecule has 0 bridgehead atoms. The smallest absolute Gasteiger partial charge is 0.0897 e. The molecule has 1 aromatic rings. The van der Waals surface area contributed by atoms with E-state index in [9.17, 15) is 0 Å². The van der Waals surface area contributed by atoms with Gasteiger partial charge in [0.05, 0.1) is 18.8 Å². The Kier molecular flexibility index (Phi) is 3.50. The van der Waals surface area contributed by atoms with E-state index in [1.54, 1.807) is 0 Å². The minimum Gasteiger partial charge on any atom is -0.380 e. The number of morpholine rings is 1. The SMILES string of the molecule is CC(Nc1ccc2c(c1)CNC2)C1CNCCO1. The molecule has 2 unspecified atom stereocenters. The Morgan fingerprint density at radius 2 is 2.17 bits per heavy atom. The fourth-order valence-electron chi connectivity index (χ4n) is 2.65. The van der Waals surface area contributed by atoms with Gasteiger partial charge in [-0.1, -0.05) is 6.07 Å². The zero-order chi connectivity index (χ0) is 12.4. The molecule has 3 N–H and O–H groups in total. The minimum atomic E-state index is 0.255. The van der Waals surface area contributed by atoms with Crippen LogP contribution < -0.4 is 16.0 Å². The molecule has 2 atom stereocenters. The average molecular weight is 247 g/mol. The van der Waals surface area contributed by atoms with Gasteiger partial charge in [-0.25, -0.2) is 0 Å². The van der Waals surface area contributed by atoms with E-state index < -0.39 is 0 Å². The zero-order valence-electron chi connectivity index (χ0n) is 10.8. The van der Waals surface area contributed by atoms with E-state index in [2.05, 4.69) is 41.1 Å². The number of fused-ring (bicyclic) bond motifs is 1. The molecule has 1 fully saturated rings. The third-order valence-electron chi connectivity index (χ3n) is 3.75. The number of rotatable bonds is 3. The summed E-state index contributed by atoms with van der Waals surface area (Å²) in [7, 11) is 0. The number of nitrogens with one attached hydrogen (secondary N) is 3. The van der Waals surface area contributed by atoms with Crippen LogP contribution in [0.5, 0.6) is 0 Å². The molecule has 0 saturated carbocycles. The molecule has 3 rings (SSSR count). The van der Waals surface area contributed by atoms with Gasteiger partial charge in [-0.2, -0.15) is 0 Å². The molecule has 4 nitrogen and oxygen atoms in total. The van der Waals surface area contributed by atoms with Gasteiger partial charge >= 0.3 is 0 Å². The Morgan fingerprint density at radius 1 is 1.28 bits per heavy atom. The highest BCUT2D eigenvalue weighted by molar-refractivity contribution is 5.50. The molecule has 18 heavy (non-hydrogen) atoms. The highest BCUT2D eigenvalue weighted by Gasteiger charge is 2.20. The molecular formula is C14H21N3O. The van der Waals surface area contributed by atoms with E-state index in [4.69, 9.17) is 4.74 Å². The normalized spacial score (nSPS) is 24.6. The summed E-state index contributed by atoms with van der Waals surface area (Å²) in [6.45, 7) is 6.88. The van der Waals surface area contributed by atoms with E-state index >= 15 is 0 Å². The van der Waals surface area contributed by atoms with Crippen molar-refractivity contribution in [3.63, 3.8) is 0 Å². The number of benzene rings is 1. The first kappa shape index (κ1) is 12.0. The van der Waals surface area contributed by atoms with Crippen LogP contribution in [-0.2, 0) is 17.8 Å². The summed E-state index contributed by atoms with van der Waals surface area (Å²) in [6.07, 6.45) is 0.255. The Bertz CT molecular complexity index is 416. The van der Waals surface area contributed by atoms with E-state index in [1.807, 2.05) is 0 Å². The molecule has 4 heteroatoms. The van der Waals surface area contributed by atoms with Gasteiger partial charge in [-0.3, -0.25) is 0 Å². The van der Waals surface area contributed by atoms with Crippen LogP contribution in [0.1, 0.15) is 18.1 Å². The number of hydrogen-bond donors (Lipinski definition) is 3. The first-order valence-electron chi connectivity index (χ1n) is 6.74. The summed E-state index contributed by atoms with van der Waals surface area (Å²) in [5.74, 6) is 0. The Hall–Kier alpha value is -1.10.